The predicted octanol–water partition coefficient (Wildman–Crippen LogP) is 0.896. The van der Waals surface area contributed by atoms with Gasteiger partial charge in [-0.25, -0.2) is 8.42 Å². The van der Waals surface area contributed by atoms with E-state index in [-0.39, 0.29) is 23.3 Å². The molecule has 0 unspecified atom stereocenters. The first-order chi connectivity index (χ1) is 11.8. The summed E-state index contributed by atoms with van der Waals surface area (Å²) in [5.41, 5.74) is 0.302. The SMILES string of the molecule is COc1ccc(S(=O)(=O)N2CCCN(C(C)=O)CC2)cc1NC(C)=O. The zero-order valence-electron chi connectivity index (χ0n) is 14.6. The molecule has 0 atom stereocenters. The lowest BCUT2D eigenvalue weighted by atomic mass is 10.3. The van der Waals surface area contributed by atoms with Gasteiger partial charge >= 0.3 is 0 Å². The largest absolute Gasteiger partial charge is 0.495 e. The minimum absolute atomic E-state index is 0.0587. The molecular weight excluding hydrogens is 346 g/mol. The van der Waals surface area contributed by atoms with Crippen molar-refractivity contribution in [1.29, 1.82) is 0 Å². The van der Waals surface area contributed by atoms with Crippen LogP contribution in [0.5, 0.6) is 5.75 Å². The van der Waals surface area contributed by atoms with Gasteiger partial charge in [-0.1, -0.05) is 0 Å². The van der Waals surface area contributed by atoms with E-state index in [9.17, 15) is 18.0 Å². The molecule has 2 amide bonds. The number of carbonyl (C=O) groups excluding carboxylic acids is 2. The highest BCUT2D eigenvalue weighted by Crippen LogP contribution is 2.29. The number of carbonyl (C=O) groups is 2. The molecule has 1 aliphatic rings. The second kappa shape index (κ2) is 7.83. The minimum Gasteiger partial charge on any atom is -0.495 e. The molecule has 138 valence electrons. The number of nitrogens with zero attached hydrogens (tertiary/aromatic N) is 2. The third-order valence-electron chi connectivity index (χ3n) is 4.02. The van der Waals surface area contributed by atoms with Crippen LogP contribution in [0, 0.1) is 0 Å². The van der Waals surface area contributed by atoms with Crippen LogP contribution in [0.2, 0.25) is 0 Å². The van der Waals surface area contributed by atoms with Crippen molar-refractivity contribution < 1.29 is 22.7 Å². The molecule has 0 radical (unpaired) electrons. The van der Waals surface area contributed by atoms with Gasteiger partial charge < -0.3 is 15.0 Å². The van der Waals surface area contributed by atoms with Crippen molar-refractivity contribution >= 4 is 27.5 Å². The molecule has 0 spiro atoms. The highest BCUT2D eigenvalue weighted by molar-refractivity contribution is 7.89. The molecule has 8 nitrogen and oxygen atoms in total. The lowest BCUT2D eigenvalue weighted by Gasteiger charge is -2.21. The highest BCUT2D eigenvalue weighted by Gasteiger charge is 2.28. The molecule has 0 bridgehead atoms. The van der Waals surface area contributed by atoms with E-state index in [2.05, 4.69) is 5.32 Å². The van der Waals surface area contributed by atoms with E-state index < -0.39 is 10.0 Å². The van der Waals surface area contributed by atoms with Gasteiger partial charge in [0, 0.05) is 40.0 Å². The molecule has 0 aromatic heterocycles. The summed E-state index contributed by atoms with van der Waals surface area (Å²) in [7, 11) is -2.28. The van der Waals surface area contributed by atoms with E-state index in [1.165, 1.54) is 43.5 Å². The smallest absolute Gasteiger partial charge is 0.243 e. The first-order valence-electron chi connectivity index (χ1n) is 7.97. The molecule has 9 heteroatoms. The van der Waals surface area contributed by atoms with Crippen LogP contribution in [0.4, 0.5) is 5.69 Å². The van der Waals surface area contributed by atoms with Crippen molar-refractivity contribution in [3.8, 4) is 5.75 Å². The van der Waals surface area contributed by atoms with E-state index in [1.54, 1.807) is 4.90 Å². The summed E-state index contributed by atoms with van der Waals surface area (Å²) in [4.78, 5) is 24.5. The van der Waals surface area contributed by atoms with Gasteiger partial charge in [0.05, 0.1) is 17.7 Å². The van der Waals surface area contributed by atoms with Crippen LogP contribution in [0.1, 0.15) is 20.3 Å². The number of nitrogens with one attached hydrogen (secondary N) is 1. The minimum atomic E-state index is -3.73. The topological polar surface area (TPSA) is 96.0 Å². The Balaban J connectivity index is 2.29. The van der Waals surface area contributed by atoms with Crippen molar-refractivity contribution in [2.75, 3.05) is 38.6 Å². The molecule has 1 aromatic carbocycles. The van der Waals surface area contributed by atoms with Crippen molar-refractivity contribution in [2.24, 2.45) is 0 Å². The monoisotopic (exact) mass is 369 g/mol. The Morgan fingerprint density at radius 3 is 2.44 bits per heavy atom. The van der Waals surface area contributed by atoms with E-state index in [0.29, 0.717) is 37.5 Å². The Hall–Kier alpha value is -2.13. The van der Waals surface area contributed by atoms with Crippen molar-refractivity contribution in [2.45, 2.75) is 25.2 Å². The zero-order valence-corrected chi connectivity index (χ0v) is 15.4. The first kappa shape index (κ1) is 19.2. The summed E-state index contributed by atoms with van der Waals surface area (Å²) in [5, 5.41) is 2.57. The van der Waals surface area contributed by atoms with Crippen LogP contribution in [0.15, 0.2) is 23.1 Å². The van der Waals surface area contributed by atoms with E-state index >= 15 is 0 Å². The number of benzene rings is 1. The van der Waals surface area contributed by atoms with Crippen LogP contribution >= 0.6 is 0 Å². The van der Waals surface area contributed by atoms with Gasteiger partial charge in [0.25, 0.3) is 0 Å². The molecule has 0 saturated carbocycles. The van der Waals surface area contributed by atoms with Gasteiger partial charge in [0.1, 0.15) is 5.75 Å². The molecule has 1 N–H and O–H groups in total. The van der Waals surface area contributed by atoms with Gasteiger partial charge in [-0.3, -0.25) is 9.59 Å². The molecule has 1 heterocycles. The Kier molecular flexibility index (Phi) is 6.02. The average molecular weight is 369 g/mol. The second-order valence-electron chi connectivity index (χ2n) is 5.81. The van der Waals surface area contributed by atoms with Crippen LogP contribution in [0.3, 0.4) is 0 Å². The normalized spacial score (nSPS) is 16.2. The number of sulfonamides is 1. The van der Waals surface area contributed by atoms with E-state index in [0.717, 1.165) is 0 Å². The standard InChI is InChI=1S/C16H23N3O5S/c1-12(20)17-15-11-14(5-6-16(15)24-3)25(22,23)19-8-4-7-18(9-10-19)13(2)21/h5-6,11H,4,7-10H2,1-3H3,(H,17,20). The zero-order chi connectivity index (χ0) is 18.6. The van der Waals surface area contributed by atoms with Gasteiger partial charge in [0.2, 0.25) is 21.8 Å². The maximum atomic E-state index is 12.9. The fourth-order valence-electron chi connectivity index (χ4n) is 2.73. The fourth-order valence-corrected chi connectivity index (χ4v) is 4.23. The Morgan fingerprint density at radius 2 is 1.84 bits per heavy atom. The Morgan fingerprint density at radius 1 is 1.12 bits per heavy atom. The highest BCUT2D eigenvalue weighted by atomic mass is 32.2. The number of amides is 2. The second-order valence-corrected chi connectivity index (χ2v) is 7.74. The Labute approximate surface area is 147 Å². The number of methoxy groups -OCH3 is 1. The van der Waals surface area contributed by atoms with Gasteiger partial charge in [-0.2, -0.15) is 4.31 Å². The quantitative estimate of drug-likeness (QED) is 0.851. The van der Waals surface area contributed by atoms with Gasteiger partial charge in [0.15, 0.2) is 0 Å². The van der Waals surface area contributed by atoms with Gasteiger partial charge in [-0.05, 0) is 24.6 Å². The number of ether oxygens (including phenoxy) is 1. The first-order valence-corrected chi connectivity index (χ1v) is 9.41. The summed E-state index contributed by atoms with van der Waals surface area (Å²) in [6.45, 7) is 4.31. The van der Waals surface area contributed by atoms with Crippen molar-refractivity contribution in [1.82, 2.24) is 9.21 Å². The number of rotatable bonds is 4. The molecule has 0 aliphatic carbocycles. The van der Waals surface area contributed by atoms with E-state index in [1.807, 2.05) is 0 Å². The summed E-state index contributed by atoms with van der Waals surface area (Å²) in [6.07, 6.45) is 0.577. The number of anilines is 1. The van der Waals surface area contributed by atoms with E-state index in [4.69, 9.17) is 4.74 Å². The molecular formula is C16H23N3O5S. The summed E-state index contributed by atoms with van der Waals surface area (Å²) in [6, 6.07) is 4.36. The lowest BCUT2D eigenvalue weighted by Crippen LogP contribution is -2.36. The third-order valence-corrected chi connectivity index (χ3v) is 5.91. The predicted molar refractivity (Wildman–Crippen MR) is 92.9 cm³/mol. The van der Waals surface area contributed by atoms with Crippen molar-refractivity contribution in [3.05, 3.63) is 18.2 Å². The molecule has 1 saturated heterocycles. The molecule has 2 rings (SSSR count). The lowest BCUT2D eigenvalue weighted by molar-refractivity contribution is -0.128. The maximum Gasteiger partial charge on any atom is 0.243 e. The summed E-state index contributed by atoms with van der Waals surface area (Å²) < 4.78 is 32.4. The van der Waals surface area contributed by atoms with Crippen LogP contribution < -0.4 is 10.1 Å². The third kappa shape index (κ3) is 4.49. The molecule has 1 fully saturated rings. The van der Waals surface area contributed by atoms with Gasteiger partial charge in [-0.15, -0.1) is 0 Å². The van der Waals surface area contributed by atoms with Crippen LogP contribution in [-0.2, 0) is 19.6 Å². The van der Waals surface area contributed by atoms with Crippen LogP contribution in [0.25, 0.3) is 0 Å². The molecule has 1 aromatic rings. The average Bonchev–Trinajstić information content (AvgIpc) is 2.80. The number of hydrogen-bond acceptors (Lipinski definition) is 5. The Bertz CT molecular complexity index is 763. The van der Waals surface area contributed by atoms with Crippen molar-refractivity contribution in [3.63, 3.8) is 0 Å². The summed E-state index contributed by atoms with van der Waals surface area (Å²) in [5.74, 6) is 0.00383. The van der Waals surface area contributed by atoms with Crippen LogP contribution in [-0.4, -0.2) is 62.7 Å². The summed E-state index contributed by atoms with van der Waals surface area (Å²) >= 11 is 0. The maximum absolute atomic E-state index is 12.9. The fraction of sp³-hybridized carbons (Fsp3) is 0.500. The number of hydrogen-bond donors (Lipinski definition) is 1. The molecule has 1 aliphatic heterocycles. The molecule has 25 heavy (non-hydrogen) atoms.